The summed E-state index contributed by atoms with van der Waals surface area (Å²) in [5.41, 5.74) is 2.27. The zero-order valence-corrected chi connectivity index (χ0v) is 17.5. The maximum Gasteiger partial charge on any atom is 0.319 e. The zero-order chi connectivity index (χ0) is 19.1. The lowest BCUT2D eigenvalue weighted by molar-refractivity contribution is 0.251. The summed E-state index contributed by atoms with van der Waals surface area (Å²) in [6, 6.07) is 9.73. The fourth-order valence-corrected chi connectivity index (χ4v) is 4.66. The first kappa shape index (κ1) is 19.9. The molecule has 1 fully saturated rings. The van der Waals surface area contributed by atoms with Gasteiger partial charge in [-0.25, -0.2) is 4.79 Å². The normalized spacial score (nSPS) is 14.1. The maximum atomic E-state index is 12.2. The Hall–Kier alpha value is -1.88. The summed E-state index contributed by atoms with van der Waals surface area (Å²) < 4.78 is 0.924. The van der Waals surface area contributed by atoms with Crippen molar-refractivity contribution in [3.63, 3.8) is 0 Å². The van der Waals surface area contributed by atoms with Crippen LogP contribution in [-0.4, -0.2) is 37.1 Å². The van der Waals surface area contributed by atoms with Crippen molar-refractivity contribution in [3.8, 4) is 17.2 Å². The van der Waals surface area contributed by atoms with E-state index in [1.54, 1.807) is 0 Å². The molecule has 1 aliphatic heterocycles. The van der Waals surface area contributed by atoms with Gasteiger partial charge in [0.25, 0.3) is 0 Å². The summed E-state index contributed by atoms with van der Waals surface area (Å²) in [6.45, 7) is 4.18. The van der Waals surface area contributed by atoms with E-state index >= 15 is 0 Å². The Balaban J connectivity index is 1.51. The highest BCUT2D eigenvalue weighted by Gasteiger charge is 2.16. The molecule has 2 heterocycles. The van der Waals surface area contributed by atoms with Gasteiger partial charge in [0, 0.05) is 22.0 Å². The number of anilines is 1. The number of likely N-dealkylation sites (tertiary alicyclic amines) is 1. The number of carbonyl (C=O) groups excluding carboxylic acids is 1. The number of rotatable bonds is 7. The average Bonchev–Trinajstić information content (AvgIpc) is 3.31. The molecule has 1 aromatic heterocycles. The SMILES string of the molecule is N#Cc1c(-c2ccccc2Br)csc1NC(=O)NCCCCN1CCCC1. The van der Waals surface area contributed by atoms with Crippen LogP contribution in [0.2, 0.25) is 0 Å². The third kappa shape index (κ3) is 5.32. The van der Waals surface area contributed by atoms with E-state index in [9.17, 15) is 10.1 Å². The quantitative estimate of drug-likeness (QED) is 0.584. The fourth-order valence-electron chi connectivity index (χ4n) is 3.25. The highest BCUT2D eigenvalue weighted by Crippen LogP contribution is 2.38. The number of unbranched alkanes of at least 4 members (excludes halogenated alkanes) is 1. The van der Waals surface area contributed by atoms with Crippen molar-refractivity contribution in [2.24, 2.45) is 0 Å². The molecule has 0 unspecified atom stereocenters. The van der Waals surface area contributed by atoms with Crippen LogP contribution in [0.1, 0.15) is 31.2 Å². The van der Waals surface area contributed by atoms with Crippen LogP contribution in [0, 0.1) is 11.3 Å². The maximum absolute atomic E-state index is 12.2. The second-order valence-electron chi connectivity index (χ2n) is 6.58. The molecule has 0 bridgehead atoms. The largest absolute Gasteiger partial charge is 0.338 e. The van der Waals surface area contributed by atoms with E-state index in [0.717, 1.165) is 35.0 Å². The summed E-state index contributed by atoms with van der Waals surface area (Å²) >= 11 is 4.89. The predicted molar refractivity (Wildman–Crippen MR) is 114 cm³/mol. The molecule has 1 saturated heterocycles. The molecule has 3 rings (SSSR count). The van der Waals surface area contributed by atoms with Gasteiger partial charge in [0.05, 0.1) is 5.56 Å². The molecule has 0 spiro atoms. The van der Waals surface area contributed by atoms with Crippen molar-refractivity contribution in [1.29, 1.82) is 5.26 Å². The van der Waals surface area contributed by atoms with Gasteiger partial charge in [0.1, 0.15) is 11.1 Å². The lowest BCUT2D eigenvalue weighted by Crippen LogP contribution is -2.30. The minimum Gasteiger partial charge on any atom is -0.338 e. The summed E-state index contributed by atoms with van der Waals surface area (Å²) in [4.78, 5) is 14.6. The van der Waals surface area contributed by atoms with Crippen LogP contribution in [0.15, 0.2) is 34.1 Å². The Kier molecular flexibility index (Phi) is 7.27. The molecule has 2 amide bonds. The van der Waals surface area contributed by atoms with Crippen molar-refractivity contribution in [2.75, 3.05) is 31.5 Å². The van der Waals surface area contributed by atoms with Gasteiger partial charge in [-0.1, -0.05) is 34.1 Å². The number of halogens is 1. The third-order valence-electron chi connectivity index (χ3n) is 4.68. The lowest BCUT2D eigenvalue weighted by Gasteiger charge is -2.14. The number of carbonyl (C=O) groups is 1. The molecule has 27 heavy (non-hydrogen) atoms. The molecule has 1 aliphatic rings. The number of benzene rings is 1. The van der Waals surface area contributed by atoms with Gasteiger partial charge < -0.3 is 10.2 Å². The first-order chi connectivity index (χ1) is 13.2. The topological polar surface area (TPSA) is 68.2 Å². The van der Waals surface area contributed by atoms with E-state index in [4.69, 9.17) is 0 Å². The second-order valence-corrected chi connectivity index (χ2v) is 8.32. The Morgan fingerprint density at radius 2 is 2.00 bits per heavy atom. The number of hydrogen-bond donors (Lipinski definition) is 2. The Labute approximate surface area is 172 Å². The second kappa shape index (κ2) is 9.88. The molecule has 2 aromatic rings. The van der Waals surface area contributed by atoms with Gasteiger partial charge in [-0.2, -0.15) is 5.26 Å². The lowest BCUT2D eigenvalue weighted by atomic mass is 10.1. The fraction of sp³-hybridized carbons (Fsp3) is 0.400. The van der Waals surface area contributed by atoms with Crippen molar-refractivity contribution < 1.29 is 4.79 Å². The average molecular weight is 447 g/mol. The van der Waals surface area contributed by atoms with Gasteiger partial charge in [-0.15, -0.1) is 11.3 Å². The minimum atomic E-state index is -0.256. The molecular weight excluding hydrogens is 424 g/mol. The molecule has 0 saturated carbocycles. The van der Waals surface area contributed by atoms with Gasteiger partial charge >= 0.3 is 6.03 Å². The highest BCUT2D eigenvalue weighted by molar-refractivity contribution is 9.10. The Morgan fingerprint density at radius 1 is 1.22 bits per heavy atom. The van der Waals surface area contributed by atoms with E-state index in [-0.39, 0.29) is 6.03 Å². The van der Waals surface area contributed by atoms with Crippen LogP contribution in [0.3, 0.4) is 0 Å². The van der Waals surface area contributed by atoms with Gasteiger partial charge in [0.2, 0.25) is 0 Å². The number of urea groups is 1. The van der Waals surface area contributed by atoms with E-state index in [1.165, 1.54) is 37.3 Å². The first-order valence-electron chi connectivity index (χ1n) is 9.22. The number of nitrogens with zero attached hydrogens (tertiary/aromatic N) is 2. The number of amides is 2. The van der Waals surface area contributed by atoms with E-state index in [0.29, 0.717) is 17.1 Å². The van der Waals surface area contributed by atoms with Crippen molar-refractivity contribution in [2.45, 2.75) is 25.7 Å². The van der Waals surface area contributed by atoms with Crippen molar-refractivity contribution >= 4 is 38.3 Å². The van der Waals surface area contributed by atoms with Crippen molar-refractivity contribution in [3.05, 3.63) is 39.7 Å². The van der Waals surface area contributed by atoms with Crippen LogP contribution >= 0.6 is 27.3 Å². The smallest absolute Gasteiger partial charge is 0.319 e. The van der Waals surface area contributed by atoms with Gasteiger partial charge in [-0.3, -0.25) is 5.32 Å². The number of thiophene rings is 1. The summed E-state index contributed by atoms with van der Waals surface area (Å²) in [6.07, 6.45) is 4.67. The van der Waals surface area contributed by atoms with Gasteiger partial charge in [0.15, 0.2) is 0 Å². The first-order valence-corrected chi connectivity index (χ1v) is 10.9. The number of hydrogen-bond acceptors (Lipinski definition) is 4. The number of nitrogens with one attached hydrogen (secondary N) is 2. The van der Waals surface area contributed by atoms with Crippen LogP contribution in [-0.2, 0) is 0 Å². The molecule has 7 heteroatoms. The summed E-state index contributed by atoms with van der Waals surface area (Å²) in [7, 11) is 0. The van der Waals surface area contributed by atoms with Crippen LogP contribution in [0.25, 0.3) is 11.1 Å². The zero-order valence-electron chi connectivity index (χ0n) is 15.1. The summed E-state index contributed by atoms with van der Waals surface area (Å²) in [5.74, 6) is 0. The standard InChI is InChI=1S/C20H23BrN4OS/c21-18-8-2-1-7-15(18)17-14-27-19(16(17)13-22)24-20(26)23-9-3-4-10-25-11-5-6-12-25/h1-2,7-8,14H,3-6,9-12H2,(H2,23,24,26). The molecule has 142 valence electrons. The Morgan fingerprint density at radius 3 is 2.74 bits per heavy atom. The highest BCUT2D eigenvalue weighted by atomic mass is 79.9. The van der Waals surface area contributed by atoms with Crippen molar-refractivity contribution in [1.82, 2.24) is 10.2 Å². The third-order valence-corrected chi connectivity index (χ3v) is 6.27. The molecule has 0 aliphatic carbocycles. The van der Waals surface area contributed by atoms with E-state index in [1.807, 2.05) is 29.6 Å². The van der Waals surface area contributed by atoms with Gasteiger partial charge in [-0.05, 0) is 56.9 Å². The van der Waals surface area contributed by atoms with Crippen LogP contribution in [0.4, 0.5) is 9.80 Å². The Bertz CT molecular complexity index is 824. The van der Waals surface area contributed by atoms with Crippen LogP contribution in [0.5, 0.6) is 0 Å². The predicted octanol–water partition coefficient (Wildman–Crippen LogP) is 5.05. The van der Waals surface area contributed by atoms with Crippen LogP contribution < -0.4 is 10.6 Å². The molecule has 0 radical (unpaired) electrons. The van der Waals surface area contributed by atoms with E-state index < -0.39 is 0 Å². The molecule has 1 aromatic carbocycles. The minimum absolute atomic E-state index is 0.256. The summed E-state index contributed by atoms with van der Waals surface area (Å²) in [5, 5.41) is 17.8. The molecule has 0 atom stereocenters. The number of nitriles is 1. The molecular formula is C20H23BrN4OS. The molecule has 2 N–H and O–H groups in total. The molecule has 5 nitrogen and oxygen atoms in total. The van der Waals surface area contributed by atoms with E-state index in [2.05, 4.69) is 37.5 Å². The monoisotopic (exact) mass is 446 g/mol.